The Morgan fingerprint density at radius 3 is 2.31 bits per heavy atom. The van der Waals surface area contributed by atoms with Gasteiger partial charge in [0.05, 0.1) is 12.5 Å². The normalized spacial score (nSPS) is 18.1. The maximum Gasteiger partial charge on any atom is 0.320 e. The molecule has 1 aliphatic heterocycles. The molecule has 7 nitrogen and oxygen atoms in total. The van der Waals surface area contributed by atoms with Gasteiger partial charge < -0.3 is 15.5 Å². The zero-order valence-electron chi connectivity index (χ0n) is 18.2. The number of amides is 1. The molecule has 170 valence electrons. The quantitative estimate of drug-likeness (QED) is 0.526. The third-order valence-corrected chi connectivity index (χ3v) is 5.96. The Morgan fingerprint density at radius 2 is 1.69 bits per heavy atom. The SMILES string of the molecule is C[C@H](C[C@@H](Cc1ccc(-c2ccccc2)cc1)NC(=O)CN1CCC[C@H]1C(=O)O)C(=O)O. The Kier molecular flexibility index (Phi) is 8.00. The lowest BCUT2D eigenvalue weighted by Crippen LogP contribution is -2.46. The molecule has 1 heterocycles. The van der Waals surface area contributed by atoms with E-state index in [0.717, 1.165) is 23.1 Å². The molecule has 0 aliphatic carbocycles. The zero-order valence-corrected chi connectivity index (χ0v) is 18.2. The van der Waals surface area contributed by atoms with E-state index in [0.29, 0.717) is 25.8 Å². The summed E-state index contributed by atoms with van der Waals surface area (Å²) in [6, 6.07) is 17.0. The lowest BCUT2D eigenvalue weighted by atomic mass is 9.95. The predicted molar refractivity (Wildman–Crippen MR) is 121 cm³/mol. The van der Waals surface area contributed by atoms with Crippen LogP contribution in [-0.2, 0) is 20.8 Å². The van der Waals surface area contributed by atoms with E-state index in [-0.39, 0.29) is 18.5 Å². The highest BCUT2D eigenvalue weighted by atomic mass is 16.4. The second kappa shape index (κ2) is 10.9. The monoisotopic (exact) mass is 438 g/mol. The van der Waals surface area contributed by atoms with Crippen LogP contribution in [0.5, 0.6) is 0 Å². The molecule has 3 N–H and O–H groups in total. The molecule has 0 bridgehead atoms. The summed E-state index contributed by atoms with van der Waals surface area (Å²) in [4.78, 5) is 37.1. The van der Waals surface area contributed by atoms with E-state index in [1.165, 1.54) is 0 Å². The molecule has 0 aromatic heterocycles. The maximum atomic E-state index is 12.7. The molecule has 3 rings (SSSR count). The van der Waals surface area contributed by atoms with E-state index in [2.05, 4.69) is 5.32 Å². The van der Waals surface area contributed by atoms with Crippen LogP contribution in [0, 0.1) is 5.92 Å². The van der Waals surface area contributed by atoms with Gasteiger partial charge in [-0.3, -0.25) is 19.3 Å². The number of carbonyl (C=O) groups excluding carboxylic acids is 1. The summed E-state index contributed by atoms with van der Waals surface area (Å²) in [5.74, 6) is -2.71. The first-order valence-electron chi connectivity index (χ1n) is 11.0. The van der Waals surface area contributed by atoms with Crippen molar-refractivity contribution in [2.24, 2.45) is 5.92 Å². The van der Waals surface area contributed by atoms with Crippen LogP contribution in [0.25, 0.3) is 11.1 Å². The van der Waals surface area contributed by atoms with E-state index in [1.54, 1.807) is 11.8 Å². The summed E-state index contributed by atoms with van der Waals surface area (Å²) < 4.78 is 0. The summed E-state index contributed by atoms with van der Waals surface area (Å²) >= 11 is 0. The van der Waals surface area contributed by atoms with Gasteiger partial charge in [0, 0.05) is 6.04 Å². The largest absolute Gasteiger partial charge is 0.481 e. The van der Waals surface area contributed by atoms with Crippen molar-refractivity contribution in [1.29, 1.82) is 0 Å². The highest BCUT2D eigenvalue weighted by Crippen LogP contribution is 2.21. The third kappa shape index (κ3) is 6.40. The predicted octanol–water partition coefficient (Wildman–Crippen LogP) is 3.04. The van der Waals surface area contributed by atoms with Gasteiger partial charge in [0.2, 0.25) is 5.91 Å². The standard InChI is InChI=1S/C25H30N2O5/c1-17(24(29)30)14-21(26-23(28)16-27-13-5-8-22(27)25(31)32)15-18-9-11-20(12-10-18)19-6-3-2-4-7-19/h2-4,6-7,9-12,17,21-22H,5,8,13-16H2,1H3,(H,26,28)(H,29,30)(H,31,32)/t17-,21+,22+/m1/s1. The molecule has 3 atom stereocenters. The second-order valence-electron chi connectivity index (χ2n) is 8.47. The van der Waals surface area contributed by atoms with Crippen molar-refractivity contribution in [3.05, 3.63) is 60.2 Å². The van der Waals surface area contributed by atoms with Gasteiger partial charge in [-0.1, -0.05) is 61.5 Å². The molecular formula is C25H30N2O5. The van der Waals surface area contributed by atoms with E-state index >= 15 is 0 Å². The first-order valence-corrected chi connectivity index (χ1v) is 11.0. The highest BCUT2D eigenvalue weighted by molar-refractivity contribution is 5.80. The Bertz CT molecular complexity index is 929. The molecule has 0 spiro atoms. The number of nitrogens with one attached hydrogen (secondary N) is 1. The Morgan fingerprint density at radius 1 is 1.03 bits per heavy atom. The van der Waals surface area contributed by atoms with Crippen LogP contribution in [0.1, 0.15) is 31.7 Å². The van der Waals surface area contributed by atoms with Gasteiger partial charge in [0.25, 0.3) is 0 Å². The van der Waals surface area contributed by atoms with Crippen LogP contribution in [0.4, 0.5) is 0 Å². The van der Waals surface area contributed by atoms with Crippen LogP contribution in [0.2, 0.25) is 0 Å². The van der Waals surface area contributed by atoms with Gasteiger partial charge in [-0.25, -0.2) is 0 Å². The fraction of sp³-hybridized carbons (Fsp3) is 0.400. The van der Waals surface area contributed by atoms with Gasteiger partial charge in [-0.05, 0) is 48.9 Å². The maximum absolute atomic E-state index is 12.7. The van der Waals surface area contributed by atoms with Crippen molar-refractivity contribution < 1.29 is 24.6 Å². The summed E-state index contributed by atoms with van der Waals surface area (Å²) in [5.41, 5.74) is 3.20. The van der Waals surface area contributed by atoms with Crippen LogP contribution >= 0.6 is 0 Å². The van der Waals surface area contributed by atoms with Gasteiger partial charge in [-0.2, -0.15) is 0 Å². The minimum absolute atomic E-state index is 0.00185. The Hall–Kier alpha value is -3.19. The number of aliphatic carboxylic acids is 2. The van der Waals surface area contributed by atoms with Gasteiger partial charge in [-0.15, -0.1) is 0 Å². The molecule has 0 saturated carbocycles. The highest BCUT2D eigenvalue weighted by Gasteiger charge is 2.32. The van der Waals surface area contributed by atoms with Crippen molar-refractivity contribution in [3.8, 4) is 11.1 Å². The average molecular weight is 439 g/mol. The van der Waals surface area contributed by atoms with Gasteiger partial charge in [0.1, 0.15) is 6.04 Å². The third-order valence-electron chi connectivity index (χ3n) is 5.96. The first kappa shape index (κ1) is 23.5. The lowest BCUT2D eigenvalue weighted by molar-refractivity contribution is -0.143. The number of carboxylic acid groups (broad SMARTS) is 2. The van der Waals surface area contributed by atoms with E-state index in [9.17, 15) is 24.6 Å². The van der Waals surface area contributed by atoms with E-state index in [1.807, 2.05) is 54.6 Å². The summed E-state index contributed by atoms with van der Waals surface area (Å²) in [7, 11) is 0. The number of carboxylic acids is 2. The van der Waals surface area contributed by atoms with Crippen LogP contribution in [-0.4, -0.2) is 58.1 Å². The molecule has 1 amide bonds. The number of carbonyl (C=O) groups is 3. The number of benzene rings is 2. The minimum Gasteiger partial charge on any atom is -0.481 e. The number of hydrogen-bond donors (Lipinski definition) is 3. The molecule has 7 heteroatoms. The summed E-state index contributed by atoms with van der Waals surface area (Å²) in [5, 5.41) is 21.6. The molecule has 2 aromatic carbocycles. The first-order chi connectivity index (χ1) is 15.3. The fourth-order valence-corrected chi connectivity index (χ4v) is 4.22. The van der Waals surface area contributed by atoms with Gasteiger partial charge in [0.15, 0.2) is 0 Å². The topological polar surface area (TPSA) is 107 Å². The Labute approximate surface area is 188 Å². The van der Waals surface area contributed by atoms with Crippen molar-refractivity contribution in [2.45, 2.75) is 44.7 Å². The zero-order chi connectivity index (χ0) is 23.1. The number of rotatable bonds is 10. The van der Waals surface area contributed by atoms with Crippen LogP contribution < -0.4 is 5.32 Å². The fourth-order valence-electron chi connectivity index (χ4n) is 4.22. The summed E-state index contributed by atoms with van der Waals surface area (Å²) in [6.45, 7) is 2.20. The lowest BCUT2D eigenvalue weighted by Gasteiger charge is -2.24. The van der Waals surface area contributed by atoms with Crippen LogP contribution in [0.15, 0.2) is 54.6 Å². The van der Waals surface area contributed by atoms with Crippen molar-refractivity contribution >= 4 is 17.8 Å². The smallest absolute Gasteiger partial charge is 0.320 e. The van der Waals surface area contributed by atoms with Crippen molar-refractivity contribution in [2.75, 3.05) is 13.1 Å². The molecule has 32 heavy (non-hydrogen) atoms. The number of likely N-dealkylation sites (tertiary alicyclic amines) is 1. The van der Waals surface area contributed by atoms with Crippen LogP contribution in [0.3, 0.4) is 0 Å². The van der Waals surface area contributed by atoms with Gasteiger partial charge >= 0.3 is 11.9 Å². The molecule has 1 aliphatic rings. The average Bonchev–Trinajstić information content (AvgIpc) is 3.23. The Balaban J connectivity index is 1.66. The molecule has 0 unspecified atom stereocenters. The van der Waals surface area contributed by atoms with E-state index in [4.69, 9.17) is 0 Å². The molecule has 1 saturated heterocycles. The molecule has 2 aromatic rings. The molecule has 1 fully saturated rings. The molecule has 0 radical (unpaired) electrons. The second-order valence-corrected chi connectivity index (χ2v) is 8.47. The van der Waals surface area contributed by atoms with E-state index < -0.39 is 23.9 Å². The minimum atomic E-state index is -0.912. The summed E-state index contributed by atoms with van der Waals surface area (Å²) in [6.07, 6.45) is 2.08. The van der Waals surface area contributed by atoms with Crippen molar-refractivity contribution in [1.82, 2.24) is 10.2 Å². The number of nitrogens with zero attached hydrogens (tertiary/aromatic N) is 1. The number of hydrogen-bond acceptors (Lipinski definition) is 4. The molecular weight excluding hydrogens is 408 g/mol. The van der Waals surface area contributed by atoms with Crippen molar-refractivity contribution in [3.63, 3.8) is 0 Å².